The highest BCUT2D eigenvalue weighted by atomic mass is 32.2. The monoisotopic (exact) mass is 340 g/mol. The second kappa shape index (κ2) is 8.35. The van der Waals surface area contributed by atoms with Crippen LogP contribution in [0.3, 0.4) is 0 Å². The fourth-order valence-corrected chi connectivity index (χ4v) is 4.84. The van der Waals surface area contributed by atoms with E-state index in [0.29, 0.717) is 12.4 Å². The van der Waals surface area contributed by atoms with Crippen molar-refractivity contribution in [1.29, 1.82) is 0 Å². The molecule has 23 heavy (non-hydrogen) atoms. The van der Waals surface area contributed by atoms with Gasteiger partial charge in [0.15, 0.2) is 0 Å². The second-order valence-corrected chi connectivity index (χ2v) is 7.69. The third kappa shape index (κ3) is 4.39. The molecule has 2 saturated heterocycles. The van der Waals surface area contributed by atoms with Crippen molar-refractivity contribution in [3.63, 3.8) is 0 Å². The van der Waals surface area contributed by atoms with E-state index in [9.17, 15) is 9.59 Å². The number of rotatable bonds is 5. The van der Waals surface area contributed by atoms with Gasteiger partial charge in [-0.15, -0.1) is 11.8 Å². The Labute approximate surface area is 142 Å². The first-order valence-electron chi connectivity index (χ1n) is 8.85. The lowest BCUT2D eigenvalue weighted by Crippen LogP contribution is -2.51. The van der Waals surface area contributed by atoms with Crippen LogP contribution in [-0.2, 0) is 9.59 Å². The van der Waals surface area contributed by atoms with Crippen LogP contribution in [0.15, 0.2) is 0 Å². The number of nitrogens with one attached hydrogen (secondary N) is 2. The van der Waals surface area contributed by atoms with Gasteiger partial charge in [-0.05, 0) is 12.8 Å². The molecule has 7 heteroatoms. The van der Waals surface area contributed by atoms with Crippen LogP contribution in [-0.4, -0.2) is 78.6 Å². The van der Waals surface area contributed by atoms with E-state index >= 15 is 0 Å². The molecule has 3 aliphatic rings. The van der Waals surface area contributed by atoms with E-state index in [1.165, 1.54) is 0 Å². The number of nitrogens with zero attached hydrogens (tertiary/aromatic N) is 2. The summed E-state index contributed by atoms with van der Waals surface area (Å²) in [7, 11) is 0. The average molecular weight is 340 g/mol. The van der Waals surface area contributed by atoms with Crippen LogP contribution in [0.1, 0.15) is 25.7 Å². The molecule has 0 bridgehead atoms. The SMILES string of the molecule is O=C(NCCN1CCNCC1)C1CSCN1C(=O)C1CCCC1. The predicted molar refractivity (Wildman–Crippen MR) is 92.2 cm³/mol. The van der Waals surface area contributed by atoms with Gasteiger partial charge in [0.1, 0.15) is 6.04 Å². The summed E-state index contributed by atoms with van der Waals surface area (Å²) < 4.78 is 0. The Morgan fingerprint density at radius 1 is 1.17 bits per heavy atom. The molecule has 3 fully saturated rings. The Morgan fingerprint density at radius 2 is 1.91 bits per heavy atom. The topological polar surface area (TPSA) is 64.7 Å². The summed E-state index contributed by atoms with van der Waals surface area (Å²) in [5.41, 5.74) is 0. The largest absolute Gasteiger partial charge is 0.353 e. The molecule has 0 aromatic heterocycles. The molecule has 2 N–H and O–H groups in total. The number of thioether (sulfide) groups is 1. The molecule has 3 rings (SSSR count). The number of carbonyl (C=O) groups is 2. The molecular formula is C16H28N4O2S. The molecular weight excluding hydrogens is 312 g/mol. The summed E-state index contributed by atoms with van der Waals surface area (Å²) in [6.45, 7) is 5.70. The zero-order chi connectivity index (χ0) is 16.1. The van der Waals surface area contributed by atoms with E-state index in [2.05, 4.69) is 15.5 Å². The lowest BCUT2D eigenvalue weighted by molar-refractivity contribution is -0.141. The minimum atomic E-state index is -0.267. The fourth-order valence-electron chi connectivity index (χ4n) is 3.67. The van der Waals surface area contributed by atoms with Gasteiger partial charge >= 0.3 is 0 Å². The molecule has 2 aliphatic heterocycles. The fraction of sp³-hybridized carbons (Fsp3) is 0.875. The summed E-state index contributed by atoms with van der Waals surface area (Å²) in [4.78, 5) is 29.3. The number of hydrogen-bond acceptors (Lipinski definition) is 5. The maximum atomic E-state index is 12.6. The minimum Gasteiger partial charge on any atom is -0.353 e. The summed E-state index contributed by atoms with van der Waals surface area (Å²) >= 11 is 1.69. The van der Waals surface area contributed by atoms with Crippen LogP contribution in [0, 0.1) is 5.92 Å². The van der Waals surface area contributed by atoms with Gasteiger partial charge in [-0.25, -0.2) is 0 Å². The van der Waals surface area contributed by atoms with Crippen LogP contribution in [0.5, 0.6) is 0 Å². The minimum absolute atomic E-state index is 0.0245. The summed E-state index contributed by atoms with van der Waals surface area (Å²) in [5.74, 6) is 1.79. The Hall–Kier alpha value is -0.790. The summed E-state index contributed by atoms with van der Waals surface area (Å²) in [6.07, 6.45) is 4.30. The highest BCUT2D eigenvalue weighted by molar-refractivity contribution is 7.99. The molecule has 0 aromatic rings. The quantitative estimate of drug-likeness (QED) is 0.743. The molecule has 1 saturated carbocycles. The average Bonchev–Trinajstić information content (AvgIpc) is 3.27. The van der Waals surface area contributed by atoms with E-state index < -0.39 is 0 Å². The van der Waals surface area contributed by atoms with Gasteiger partial charge in [0.2, 0.25) is 11.8 Å². The highest BCUT2D eigenvalue weighted by Crippen LogP contribution is 2.30. The number of piperazine rings is 1. The molecule has 2 amide bonds. The van der Waals surface area contributed by atoms with Crippen molar-refractivity contribution in [3.05, 3.63) is 0 Å². The Kier molecular flexibility index (Phi) is 6.19. The first-order chi connectivity index (χ1) is 11.3. The van der Waals surface area contributed by atoms with Crippen LogP contribution < -0.4 is 10.6 Å². The van der Waals surface area contributed by atoms with Gasteiger partial charge in [-0.2, -0.15) is 0 Å². The predicted octanol–water partition coefficient (Wildman–Crippen LogP) is 0.0995. The van der Waals surface area contributed by atoms with Crippen LogP contribution in [0.25, 0.3) is 0 Å². The van der Waals surface area contributed by atoms with Gasteiger partial charge in [-0.3, -0.25) is 14.5 Å². The number of hydrogen-bond donors (Lipinski definition) is 2. The van der Waals surface area contributed by atoms with Crippen molar-refractivity contribution in [1.82, 2.24) is 20.4 Å². The molecule has 130 valence electrons. The Balaban J connectivity index is 1.44. The Bertz CT molecular complexity index is 422. The third-order valence-electron chi connectivity index (χ3n) is 5.11. The van der Waals surface area contributed by atoms with Crippen molar-refractivity contribution >= 4 is 23.6 Å². The van der Waals surface area contributed by atoms with Gasteiger partial charge in [0.05, 0.1) is 5.88 Å². The molecule has 0 radical (unpaired) electrons. The third-order valence-corrected chi connectivity index (χ3v) is 6.12. The van der Waals surface area contributed by atoms with Crippen molar-refractivity contribution < 1.29 is 9.59 Å². The zero-order valence-electron chi connectivity index (χ0n) is 13.8. The van der Waals surface area contributed by atoms with Crippen molar-refractivity contribution in [3.8, 4) is 0 Å². The summed E-state index contributed by atoms with van der Waals surface area (Å²) in [6, 6.07) is -0.267. The van der Waals surface area contributed by atoms with E-state index in [-0.39, 0.29) is 23.8 Å². The Morgan fingerprint density at radius 3 is 2.65 bits per heavy atom. The van der Waals surface area contributed by atoms with E-state index in [1.807, 2.05) is 4.90 Å². The first kappa shape index (κ1) is 17.0. The van der Waals surface area contributed by atoms with Crippen molar-refractivity contribution in [2.45, 2.75) is 31.7 Å². The van der Waals surface area contributed by atoms with Crippen LogP contribution >= 0.6 is 11.8 Å². The van der Waals surface area contributed by atoms with Crippen LogP contribution in [0.2, 0.25) is 0 Å². The van der Waals surface area contributed by atoms with Gasteiger partial charge in [0, 0.05) is 50.9 Å². The van der Waals surface area contributed by atoms with E-state index in [0.717, 1.165) is 64.2 Å². The lowest BCUT2D eigenvalue weighted by Gasteiger charge is -2.28. The number of amides is 2. The maximum Gasteiger partial charge on any atom is 0.243 e. The maximum absolute atomic E-state index is 12.6. The first-order valence-corrected chi connectivity index (χ1v) is 10.00. The molecule has 0 spiro atoms. The standard InChI is InChI=1S/C16H28N4O2S/c21-15(18-7-10-19-8-5-17-6-9-19)14-11-23-12-20(14)16(22)13-3-1-2-4-13/h13-14,17H,1-12H2,(H,18,21). The highest BCUT2D eigenvalue weighted by Gasteiger charge is 2.38. The van der Waals surface area contributed by atoms with E-state index in [4.69, 9.17) is 0 Å². The normalized spacial score (nSPS) is 26.6. The molecule has 1 aliphatic carbocycles. The van der Waals surface area contributed by atoms with Gasteiger partial charge < -0.3 is 15.5 Å². The second-order valence-electron chi connectivity index (χ2n) is 6.69. The van der Waals surface area contributed by atoms with Crippen molar-refractivity contribution in [2.24, 2.45) is 5.92 Å². The zero-order valence-corrected chi connectivity index (χ0v) is 14.6. The molecule has 1 atom stereocenters. The molecule has 1 unspecified atom stereocenters. The van der Waals surface area contributed by atoms with Crippen LogP contribution in [0.4, 0.5) is 0 Å². The number of carbonyl (C=O) groups excluding carboxylic acids is 2. The smallest absolute Gasteiger partial charge is 0.243 e. The van der Waals surface area contributed by atoms with E-state index in [1.54, 1.807) is 11.8 Å². The van der Waals surface area contributed by atoms with Gasteiger partial charge in [0.25, 0.3) is 0 Å². The molecule has 6 nitrogen and oxygen atoms in total. The van der Waals surface area contributed by atoms with Gasteiger partial charge in [-0.1, -0.05) is 12.8 Å². The lowest BCUT2D eigenvalue weighted by atomic mass is 10.1. The summed E-state index contributed by atoms with van der Waals surface area (Å²) in [5, 5.41) is 6.37. The van der Waals surface area contributed by atoms with Crippen molar-refractivity contribution in [2.75, 3.05) is 50.9 Å². The molecule has 2 heterocycles. The molecule has 0 aromatic carbocycles.